The highest BCUT2D eigenvalue weighted by Crippen LogP contribution is 2.33. The minimum atomic E-state index is -0.529. The molecule has 35 heavy (non-hydrogen) atoms. The predicted octanol–water partition coefficient (Wildman–Crippen LogP) is 2.86. The number of nitrogens with one attached hydrogen (secondary N) is 2. The number of carbonyl (C=O) groups is 3. The molecule has 2 unspecified atom stereocenters. The largest absolute Gasteiger partial charge is 0.486 e. The van der Waals surface area contributed by atoms with Gasteiger partial charge in [-0.1, -0.05) is 41.7 Å². The van der Waals surface area contributed by atoms with Crippen LogP contribution in [0, 0.1) is 5.92 Å². The quantitative estimate of drug-likeness (QED) is 0.520. The van der Waals surface area contributed by atoms with Crippen molar-refractivity contribution in [2.75, 3.05) is 25.1 Å². The fourth-order valence-electron chi connectivity index (χ4n) is 3.91. The Balaban J connectivity index is 1.13. The van der Waals surface area contributed by atoms with Crippen LogP contribution in [-0.4, -0.2) is 48.4 Å². The molecule has 2 aromatic carbocycles. The first-order valence-electron chi connectivity index (χ1n) is 11.2. The maximum atomic E-state index is 12.8. The Morgan fingerprint density at radius 1 is 1.06 bits per heavy atom. The summed E-state index contributed by atoms with van der Waals surface area (Å²) in [7, 11) is 0. The van der Waals surface area contributed by atoms with Gasteiger partial charge in [0.25, 0.3) is 5.91 Å². The molecule has 1 aliphatic heterocycles. The monoisotopic (exact) mass is 493 g/mol. The molecule has 3 aromatic rings. The highest BCUT2D eigenvalue weighted by Gasteiger charge is 2.33. The number of aromatic nitrogens is 1. The van der Waals surface area contributed by atoms with Crippen LogP contribution in [0.15, 0.2) is 54.6 Å². The lowest BCUT2D eigenvalue weighted by atomic mass is 9.89. The van der Waals surface area contributed by atoms with E-state index in [0.717, 1.165) is 11.3 Å². The van der Waals surface area contributed by atoms with Crippen LogP contribution < -0.4 is 24.8 Å². The lowest BCUT2D eigenvalue weighted by molar-refractivity contribution is -0.125. The van der Waals surface area contributed by atoms with E-state index < -0.39 is 5.92 Å². The fraction of sp³-hybridized carbons (Fsp3) is 0.280. The number of hydrogen-bond acceptors (Lipinski definition) is 8. The number of amides is 2. The number of nitrogens with zero attached hydrogens (tertiary/aromatic N) is 1. The molecule has 1 aromatic heterocycles. The van der Waals surface area contributed by atoms with Crippen molar-refractivity contribution in [2.45, 2.75) is 18.9 Å². The van der Waals surface area contributed by atoms with E-state index in [2.05, 4.69) is 15.6 Å². The van der Waals surface area contributed by atoms with Gasteiger partial charge < -0.3 is 19.5 Å². The van der Waals surface area contributed by atoms with Crippen molar-refractivity contribution in [3.8, 4) is 17.2 Å². The van der Waals surface area contributed by atoms with Gasteiger partial charge in [-0.25, -0.2) is 4.98 Å². The lowest BCUT2D eigenvalue weighted by Crippen LogP contribution is -2.44. The first kappa shape index (κ1) is 22.9. The third-order valence-corrected chi connectivity index (χ3v) is 6.68. The normalized spacial score (nSPS) is 18.3. The Kier molecular flexibility index (Phi) is 6.62. The summed E-state index contributed by atoms with van der Waals surface area (Å²) in [6.45, 7) is 0.420. The van der Waals surface area contributed by atoms with Crippen LogP contribution in [0.25, 0.3) is 0 Å². The Morgan fingerprint density at radius 3 is 2.66 bits per heavy atom. The summed E-state index contributed by atoms with van der Waals surface area (Å²) >= 11 is 1.12. The van der Waals surface area contributed by atoms with E-state index in [4.69, 9.17) is 14.2 Å². The Morgan fingerprint density at radius 2 is 1.83 bits per heavy atom. The zero-order valence-electron chi connectivity index (χ0n) is 18.7. The van der Waals surface area contributed by atoms with Gasteiger partial charge in [0.2, 0.25) is 5.91 Å². The molecule has 0 radical (unpaired) electrons. The van der Waals surface area contributed by atoms with Crippen molar-refractivity contribution in [3.63, 3.8) is 0 Å². The summed E-state index contributed by atoms with van der Waals surface area (Å²) < 4.78 is 17.0. The number of hydrogen-bond donors (Lipinski definition) is 2. The van der Waals surface area contributed by atoms with Crippen LogP contribution in [0.3, 0.4) is 0 Å². The van der Waals surface area contributed by atoms with Gasteiger partial charge in [0.1, 0.15) is 18.5 Å². The lowest BCUT2D eigenvalue weighted by Gasteiger charge is -2.27. The number of thiazole rings is 1. The van der Waals surface area contributed by atoms with Gasteiger partial charge in [0, 0.05) is 12.8 Å². The number of anilines is 1. The third-order valence-electron chi connectivity index (χ3n) is 5.62. The van der Waals surface area contributed by atoms with Gasteiger partial charge in [-0.2, -0.15) is 0 Å². The van der Waals surface area contributed by atoms with E-state index in [0.29, 0.717) is 46.0 Å². The first-order chi connectivity index (χ1) is 17.0. The molecule has 5 rings (SSSR count). The van der Waals surface area contributed by atoms with E-state index in [1.54, 1.807) is 12.1 Å². The molecule has 0 spiro atoms. The number of ketones is 1. The molecular formula is C25H23N3O6S. The number of para-hydroxylation sites is 3. The van der Waals surface area contributed by atoms with Crippen molar-refractivity contribution >= 4 is 34.1 Å². The van der Waals surface area contributed by atoms with Gasteiger partial charge in [0.05, 0.1) is 23.0 Å². The number of carbonyl (C=O) groups excluding carboxylic acids is 3. The Bertz CT molecular complexity index is 1250. The second kappa shape index (κ2) is 10.1. The molecule has 10 heteroatoms. The van der Waals surface area contributed by atoms with Gasteiger partial charge in [-0.15, -0.1) is 0 Å². The average Bonchev–Trinajstić information content (AvgIpc) is 3.29. The van der Waals surface area contributed by atoms with Crippen LogP contribution in [0.2, 0.25) is 0 Å². The number of Topliss-reactive ketones (excluding diaryl/α,β-unsaturated/α-hetero) is 1. The number of rotatable bonds is 7. The molecule has 0 fully saturated rings. The smallest absolute Gasteiger partial charge is 0.264 e. The van der Waals surface area contributed by atoms with E-state index in [-0.39, 0.29) is 43.3 Å². The molecule has 2 heterocycles. The molecule has 2 atom stereocenters. The summed E-state index contributed by atoms with van der Waals surface area (Å²) in [6, 6.07) is 16.4. The van der Waals surface area contributed by atoms with E-state index in [9.17, 15) is 14.4 Å². The van der Waals surface area contributed by atoms with E-state index in [1.165, 1.54) is 0 Å². The number of benzene rings is 2. The highest BCUT2D eigenvalue weighted by atomic mass is 32.1. The molecule has 0 saturated carbocycles. The average molecular weight is 494 g/mol. The zero-order chi connectivity index (χ0) is 24.2. The molecular weight excluding hydrogens is 470 g/mol. The van der Waals surface area contributed by atoms with Crippen LogP contribution >= 0.6 is 11.3 Å². The van der Waals surface area contributed by atoms with Gasteiger partial charge in [-0.3, -0.25) is 19.7 Å². The maximum absolute atomic E-state index is 12.8. The Labute approximate surface area is 205 Å². The molecule has 9 nitrogen and oxygen atoms in total. The van der Waals surface area contributed by atoms with Gasteiger partial charge in [0.15, 0.2) is 29.0 Å². The van der Waals surface area contributed by atoms with E-state index >= 15 is 0 Å². The second-order valence-corrected chi connectivity index (χ2v) is 9.21. The summed E-state index contributed by atoms with van der Waals surface area (Å²) in [6.07, 6.45) is 0.101. The van der Waals surface area contributed by atoms with Crippen molar-refractivity contribution in [1.29, 1.82) is 0 Å². The SMILES string of the molecule is O=C(COc1ccccc1)Nc1nc2c(s1)C(=O)CC(C(=O)NCC1COc3ccccc3O1)C2. The van der Waals surface area contributed by atoms with Crippen molar-refractivity contribution < 1.29 is 28.6 Å². The third kappa shape index (κ3) is 5.43. The van der Waals surface area contributed by atoms with Crippen LogP contribution in [-0.2, 0) is 16.0 Å². The number of ether oxygens (including phenoxy) is 3. The standard InChI is InChI=1S/C25H23N3O6S/c29-19-11-15(24(31)26-12-17-13-33-20-8-4-5-9-21(20)34-17)10-18-23(19)35-25(27-18)28-22(30)14-32-16-6-2-1-3-7-16/h1-9,15,17H,10-14H2,(H,26,31)(H,27,28,30). The molecule has 0 bridgehead atoms. The second-order valence-electron chi connectivity index (χ2n) is 8.22. The maximum Gasteiger partial charge on any atom is 0.264 e. The molecule has 1 aliphatic carbocycles. The van der Waals surface area contributed by atoms with Gasteiger partial charge >= 0.3 is 0 Å². The van der Waals surface area contributed by atoms with E-state index in [1.807, 2.05) is 42.5 Å². The fourth-order valence-corrected chi connectivity index (χ4v) is 4.87. The summed E-state index contributed by atoms with van der Waals surface area (Å²) in [5, 5.41) is 5.86. The molecule has 2 amide bonds. The summed E-state index contributed by atoms with van der Waals surface area (Å²) in [5.41, 5.74) is 0.525. The number of fused-ring (bicyclic) bond motifs is 2. The minimum absolute atomic E-state index is 0.0936. The van der Waals surface area contributed by atoms with Crippen LogP contribution in [0.4, 0.5) is 5.13 Å². The molecule has 180 valence electrons. The molecule has 2 aliphatic rings. The zero-order valence-corrected chi connectivity index (χ0v) is 19.5. The van der Waals surface area contributed by atoms with Crippen LogP contribution in [0.5, 0.6) is 17.2 Å². The summed E-state index contributed by atoms with van der Waals surface area (Å²) in [4.78, 5) is 42.5. The molecule has 0 saturated heterocycles. The Hall–Kier alpha value is -3.92. The van der Waals surface area contributed by atoms with Crippen molar-refractivity contribution in [3.05, 3.63) is 65.2 Å². The minimum Gasteiger partial charge on any atom is -0.486 e. The molecule has 2 N–H and O–H groups in total. The predicted molar refractivity (Wildman–Crippen MR) is 128 cm³/mol. The van der Waals surface area contributed by atoms with Crippen molar-refractivity contribution in [2.24, 2.45) is 5.92 Å². The first-order valence-corrected chi connectivity index (χ1v) is 12.0. The van der Waals surface area contributed by atoms with Gasteiger partial charge in [-0.05, 0) is 24.3 Å². The van der Waals surface area contributed by atoms with Crippen molar-refractivity contribution in [1.82, 2.24) is 10.3 Å². The highest BCUT2D eigenvalue weighted by molar-refractivity contribution is 7.17. The van der Waals surface area contributed by atoms with Crippen LogP contribution in [0.1, 0.15) is 21.8 Å². The topological polar surface area (TPSA) is 116 Å². The summed E-state index contributed by atoms with van der Waals surface area (Å²) in [5.74, 6) is 0.606.